The van der Waals surface area contributed by atoms with Gasteiger partial charge in [0.1, 0.15) is 36.4 Å². The van der Waals surface area contributed by atoms with Crippen molar-refractivity contribution in [3.8, 4) is 17.6 Å². The molecule has 5 nitrogen and oxygen atoms in total. The molecule has 4 rings (SSSR count). The lowest BCUT2D eigenvalue weighted by molar-refractivity contribution is -0.112. The van der Waals surface area contributed by atoms with E-state index in [9.17, 15) is 10.1 Å². The van der Waals surface area contributed by atoms with Crippen molar-refractivity contribution < 1.29 is 14.3 Å². The van der Waals surface area contributed by atoms with Crippen LogP contribution in [0, 0.1) is 11.3 Å². The second-order valence-electron chi connectivity index (χ2n) is 7.98. The molecule has 0 bridgehead atoms. The summed E-state index contributed by atoms with van der Waals surface area (Å²) in [4.78, 5) is 12.9. The summed E-state index contributed by atoms with van der Waals surface area (Å²) < 4.78 is 13.6. The number of hydrogen-bond donors (Lipinski definition) is 1. The second kappa shape index (κ2) is 12.9. The Balaban J connectivity index is 1.44. The lowest BCUT2D eigenvalue weighted by Crippen LogP contribution is -2.13. The van der Waals surface area contributed by atoms with Crippen LogP contribution in [0.15, 0.2) is 112 Å². The largest absolute Gasteiger partial charge is 0.489 e. The second-order valence-corrected chi connectivity index (χ2v) is 9.75. The molecule has 0 aliphatic heterocycles. The van der Waals surface area contributed by atoms with E-state index in [0.717, 1.165) is 20.1 Å². The predicted octanol–water partition coefficient (Wildman–Crippen LogP) is 7.92. The highest BCUT2D eigenvalue weighted by molar-refractivity contribution is 9.10. The van der Waals surface area contributed by atoms with Gasteiger partial charge < -0.3 is 14.8 Å². The molecular weight excluding hydrogens is 596 g/mol. The molecule has 0 saturated carbocycles. The molecular formula is C30H22Br2N2O3. The summed E-state index contributed by atoms with van der Waals surface area (Å²) in [6, 6.07) is 32.1. The van der Waals surface area contributed by atoms with E-state index in [1.165, 1.54) is 6.08 Å². The molecule has 7 heteroatoms. The fourth-order valence-corrected chi connectivity index (χ4v) is 4.19. The monoisotopic (exact) mass is 616 g/mol. The number of carbonyl (C=O) groups is 1. The number of halogens is 2. The minimum absolute atomic E-state index is 0.0479. The van der Waals surface area contributed by atoms with Crippen LogP contribution in [0.5, 0.6) is 11.5 Å². The molecule has 0 heterocycles. The number of hydrogen-bond acceptors (Lipinski definition) is 4. The highest BCUT2D eigenvalue weighted by Gasteiger charge is 2.13. The molecule has 0 saturated heterocycles. The van der Waals surface area contributed by atoms with Crippen LogP contribution >= 0.6 is 31.9 Å². The zero-order chi connectivity index (χ0) is 26.0. The minimum atomic E-state index is -0.516. The normalized spacial score (nSPS) is 10.9. The Bertz CT molecular complexity index is 1450. The van der Waals surface area contributed by atoms with Crippen molar-refractivity contribution in [2.75, 3.05) is 5.32 Å². The fourth-order valence-electron chi connectivity index (χ4n) is 3.41. The molecule has 1 amide bonds. The van der Waals surface area contributed by atoms with Crippen LogP contribution < -0.4 is 14.8 Å². The van der Waals surface area contributed by atoms with Gasteiger partial charge in [0.05, 0.1) is 0 Å². The summed E-state index contributed by atoms with van der Waals surface area (Å²) in [6.07, 6.45) is 1.52. The van der Waals surface area contributed by atoms with Crippen LogP contribution in [-0.4, -0.2) is 5.91 Å². The van der Waals surface area contributed by atoms with Crippen molar-refractivity contribution in [3.63, 3.8) is 0 Å². The topological polar surface area (TPSA) is 71.3 Å². The van der Waals surface area contributed by atoms with Gasteiger partial charge >= 0.3 is 0 Å². The molecule has 0 atom stereocenters. The summed E-state index contributed by atoms with van der Waals surface area (Å²) >= 11 is 6.98. The third kappa shape index (κ3) is 7.56. The zero-order valence-electron chi connectivity index (χ0n) is 19.7. The Morgan fingerprint density at radius 1 is 0.865 bits per heavy atom. The molecule has 0 aliphatic carbocycles. The van der Waals surface area contributed by atoms with Gasteiger partial charge in [0.2, 0.25) is 0 Å². The average molecular weight is 618 g/mol. The Labute approximate surface area is 232 Å². The van der Waals surface area contributed by atoms with Crippen LogP contribution in [0.1, 0.15) is 16.7 Å². The van der Waals surface area contributed by atoms with Gasteiger partial charge in [-0.15, -0.1) is 0 Å². The van der Waals surface area contributed by atoms with E-state index in [1.807, 2.05) is 66.7 Å². The van der Waals surface area contributed by atoms with Gasteiger partial charge in [0, 0.05) is 25.8 Å². The Morgan fingerprint density at radius 2 is 1.59 bits per heavy atom. The molecule has 0 aliphatic rings. The van der Waals surface area contributed by atoms with Crippen LogP contribution in [0.25, 0.3) is 6.08 Å². The van der Waals surface area contributed by atoms with E-state index in [4.69, 9.17) is 9.47 Å². The number of nitrogens with zero attached hydrogens (tertiary/aromatic N) is 1. The smallest absolute Gasteiger partial charge is 0.266 e. The fraction of sp³-hybridized carbons (Fsp3) is 0.0667. The highest BCUT2D eigenvalue weighted by Crippen LogP contribution is 2.28. The van der Waals surface area contributed by atoms with Crippen molar-refractivity contribution in [3.05, 3.63) is 128 Å². The molecule has 184 valence electrons. The van der Waals surface area contributed by atoms with Crippen LogP contribution in [-0.2, 0) is 18.0 Å². The summed E-state index contributed by atoms with van der Waals surface area (Å²) in [7, 11) is 0. The number of carbonyl (C=O) groups excluding carboxylic acids is 1. The first-order valence-electron chi connectivity index (χ1n) is 11.4. The number of nitriles is 1. The molecule has 4 aromatic carbocycles. The van der Waals surface area contributed by atoms with Crippen LogP contribution in [0.2, 0.25) is 0 Å². The average Bonchev–Trinajstić information content (AvgIpc) is 2.92. The SMILES string of the molecule is N#C/C(=C\c1cc(Br)ccc1OCc1ccccc1Br)C(=O)Nc1ccc(OCc2ccccc2)cc1. The number of nitrogens with one attached hydrogen (secondary N) is 1. The maximum atomic E-state index is 12.9. The number of amides is 1. The van der Waals surface area contributed by atoms with Gasteiger partial charge in [-0.05, 0) is 60.2 Å². The maximum absolute atomic E-state index is 12.9. The third-order valence-corrected chi connectivity index (χ3v) is 6.61. The molecule has 0 fully saturated rings. The summed E-state index contributed by atoms with van der Waals surface area (Å²) in [5, 5.41) is 12.5. The predicted molar refractivity (Wildman–Crippen MR) is 152 cm³/mol. The Morgan fingerprint density at radius 3 is 2.32 bits per heavy atom. The molecule has 4 aromatic rings. The van der Waals surface area contributed by atoms with Crippen molar-refractivity contribution >= 4 is 49.5 Å². The zero-order valence-corrected chi connectivity index (χ0v) is 22.8. The lowest BCUT2D eigenvalue weighted by atomic mass is 10.1. The highest BCUT2D eigenvalue weighted by atomic mass is 79.9. The first kappa shape index (κ1) is 26.2. The number of benzene rings is 4. The van der Waals surface area contributed by atoms with Crippen LogP contribution in [0.3, 0.4) is 0 Å². The summed E-state index contributed by atoms with van der Waals surface area (Å²) in [5.41, 5.74) is 3.16. The van der Waals surface area contributed by atoms with E-state index >= 15 is 0 Å². The van der Waals surface area contributed by atoms with Gasteiger partial charge in [-0.1, -0.05) is 80.4 Å². The van der Waals surface area contributed by atoms with E-state index in [2.05, 4.69) is 37.2 Å². The standard InChI is InChI=1S/C30H22Br2N2O3/c31-25-10-15-29(37-20-22-8-4-5-9-28(22)32)23(17-25)16-24(18-33)30(35)34-26-11-13-27(14-12-26)36-19-21-6-2-1-3-7-21/h1-17H,19-20H2,(H,34,35)/b24-16+. The summed E-state index contributed by atoms with van der Waals surface area (Å²) in [6.45, 7) is 0.781. The molecule has 0 unspecified atom stereocenters. The first-order valence-corrected chi connectivity index (χ1v) is 13.0. The molecule has 37 heavy (non-hydrogen) atoms. The van der Waals surface area contributed by atoms with E-state index in [0.29, 0.717) is 36.0 Å². The molecule has 1 N–H and O–H groups in total. The van der Waals surface area contributed by atoms with Gasteiger partial charge in [-0.3, -0.25) is 4.79 Å². The van der Waals surface area contributed by atoms with E-state index in [1.54, 1.807) is 36.4 Å². The Hall–Kier alpha value is -3.86. The van der Waals surface area contributed by atoms with E-state index < -0.39 is 5.91 Å². The molecule has 0 radical (unpaired) electrons. The van der Waals surface area contributed by atoms with Crippen molar-refractivity contribution in [2.45, 2.75) is 13.2 Å². The van der Waals surface area contributed by atoms with Gasteiger partial charge in [0.15, 0.2) is 0 Å². The van der Waals surface area contributed by atoms with Crippen molar-refractivity contribution in [1.29, 1.82) is 5.26 Å². The van der Waals surface area contributed by atoms with Gasteiger partial charge in [-0.25, -0.2) is 0 Å². The Kier molecular flexibility index (Phi) is 9.14. The molecule has 0 aromatic heterocycles. The number of ether oxygens (including phenoxy) is 2. The minimum Gasteiger partial charge on any atom is -0.489 e. The van der Waals surface area contributed by atoms with Crippen LogP contribution in [0.4, 0.5) is 5.69 Å². The third-order valence-electron chi connectivity index (χ3n) is 5.34. The van der Waals surface area contributed by atoms with Gasteiger partial charge in [-0.2, -0.15) is 5.26 Å². The lowest BCUT2D eigenvalue weighted by Gasteiger charge is -2.12. The van der Waals surface area contributed by atoms with E-state index in [-0.39, 0.29) is 5.57 Å². The molecule has 0 spiro atoms. The quantitative estimate of drug-likeness (QED) is 0.153. The number of anilines is 1. The summed E-state index contributed by atoms with van der Waals surface area (Å²) in [5.74, 6) is 0.718. The van der Waals surface area contributed by atoms with Crippen molar-refractivity contribution in [1.82, 2.24) is 0 Å². The first-order chi connectivity index (χ1) is 18.0. The van der Waals surface area contributed by atoms with Crippen molar-refractivity contribution in [2.24, 2.45) is 0 Å². The maximum Gasteiger partial charge on any atom is 0.266 e. The van der Waals surface area contributed by atoms with Gasteiger partial charge in [0.25, 0.3) is 5.91 Å². The number of rotatable bonds is 9.